The summed E-state index contributed by atoms with van der Waals surface area (Å²) in [6.45, 7) is 8.39. The molecule has 7 heterocycles. The number of hydrogen-bond acceptors (Lipinski definition) is 12. The molecule has 1 aliphatic heterocycles. The number of aromatic nitrogens is 8. The number of para-hydroxylation sites is 8. The summed E-state index contributed by atoms with van der Waals surface area (Å²) in [5.74, 6) is 3.83. The minimum Gasteiger partial charge on any atom is -0.456 e. The molecule has 22 aromatic rings. The number of nitrogens with zero attached hydrogens (tertiary/aromatic N) is 8. The van der Waals surface area contributed by atoms with Crippen LogP contribution in [0.25, 0.3) is 178 Å². The summed E-state index contributed by atoms with van der Waals surface area (Å²) in [7, 11) is -1.90. The summed E-state index contributed by atoms with van der Waals surface area (Å²) in [5, 5.41) is 27.5. The quantitative estimate of drug-likeness (QED) is 0.118. The molecule has 2 N–H and O–H groups in total. The van der Waals surface area contributed by atoms with Gasteiger partial charge in [0.2, 0.25) is 0 Å². The fourth-order valence-corrected chi connectivity index (χ4v) is 18.0. The minimum atomic E-state index is -1.51. The second kappa shape index (κ2) is 36.5. The molecular formula is C108H78B2Br4N8O6. The van der Waals surface area contributed by atoms with Gasteiger partial charge in [0.05, 0.1) is 33.3 Å². The average Bonchev–Trinajstić information content (AvgIpc) is 1.57. The molecule has 0 aliphatic carbocycles. The lowest BCUT2D eigenvalue weighted by molar-refractivity contribution is 0.00578. The molecule has 6 aromatic heterocycles. The van der Waals surface area contributed by atoms with E-state index >= 15 is 0 Å². The van der Waals surface area contributed by atoms with E-state index in [1.165, 1.54) is 49.3 Å². The van der Waals surface area contributed by atoms with Crippen molar-refractivity contribution in [3.63, 3.8) is 0 Å². The number of furan rings is 2. The second-order valence-electron chi connectivity index (χ2n) is 31.8. The fourth-order valence-electron chi connectivity index (χ4n) is 16.3. The molecule has 0 bridgehead atoms. The maximum Gasteiger partial charge on any atom is 0.495 e. The summed E-state index contributed by atoms with van der Waals surface area (Å²) >= 11 is 14.3. The van der Waals surface area contributed by atoms with Crippen LogP contribution in [-0.2, 0) is 9.31 Å². The number of rotatable bonds is 11. The zero-order valence-electron chi connectivity index (χ0n) is 69.7. The van der Waals surface area contributed by atoms with E-state index in [4.69, 9.17) is 48.0 Å². The highest BCUT2D eigenvalue weighted by atomic mass is 79.9. The molecule has 620 valence electrons. The lowest BCUT2D eigenvalue weighted by Gasteiger charge is -2.32. The number of fused-ring (bicyclic) bond motifs is 12. The van der Waals surface area contributed by atoms with Gasteiger partial charge in [0.15, 0.2) is 34.9 Å². The van der Waals surface area contributed by atoms with Crippen molar-refractivity contribution in [2.75, 3.05) is 0 Å². The Labute approximate surface area is 773 Å². The van der Waals surface area contributed by atoms with Gasteiger partial charge >= 0.3 is 14.2 Å². The van der Waals surface area contributed by atoms with Gasteiger partial charge in [-0.25, -0.2) is 29.9 Å². The Morgan fingerprint density at radius 3 is 1.09 bits per heavy atom. The van der Waals surface area contributed by atoms with Gasteiger partial charge in [0, 0.05) is 117 Å². The molecule has 0 radical (unpaired) electrons. The van der Waals surface area contributed by atoms with E-state index in [-0.39, 0.29) is 18.3 Å². The first-order chi connectivity index (χ1) is 62.4. The minimum absolute atomic E-state index is 0.363. The summed E-state index contributed by atoms with van der Waals surface area (Å²) in [6, 6.07) is 130. The lowest BCUT2D eigenvalue weighted by atomic mass is 9.76. The predicted molar refractivity (Wildman–Crippen MR) is 537 cm³/mol. The molecule has 128 heavy (non-hydrogen) atoms. The standard InChI is InChI=1S/C33H20BrN3O.C24H24BNO2.C21H13Br2N3.C18H12BrN.C12H9BO3/c34-25-14-7-13-24(20-25)33-36-31(21-9-2-1-3-10-21)35-32(37-33)23-12-6-11-22(19-23)26-16-8-17-28-27-15-4-5-18-29(27)38-30(26)28;1-23(2)24(3,4)28-25(27-23)19-14-10-16-21-22(19)18-13-8-9-15-20(18)26(21)17-11-6-5-7-12-17;22-17-10-4-8-15(12-17)20-24-19(14-6-2-1-3-7-14)25-21(26-20)16-9-5-11-18(23)13-16;19-15-10-6-12-17-18(15)14-9-4-5-11-16(14)20(17)13-7-2-1-3-8-13;14-13(15)10-6-3-5-9-8-4-1-2-7-11(8)16-12(9)10/h1-20H;5-16H,1-4H3;1-13H;1-12H;1-7,14-15H. The smallest absolute Gasteiger partial charge is 0.456 e. The van der Waals surface area contributed by atoms with Gasteiger partial charge in [-0.2, -0.15) is 0 Å². The highest BCUT2D eigenvalue weighted by molar-refractivity contribution is 9.11. The zero-order chi connectivity index (χ0) is 87.6. The average molecular weight is 1930 g/mol. The van der Waals surface area contributed by atoms with Crippen LogP contribution in [0, 0.1) is 0 Å². The molecule has 1 fully saturated rings. The lowest BCUT2D eigenvalue weighted by Crippen LogP contribution is -2.41. The van der Waals surface area contributed by atoms with Gasteiger partial charge in [-0.3, -0.25) is 0 Å². The third kappa shape index (κ3) is 17.2. The van der Waals surface area contributed by atoms with Gasteiger partial charge < -0.3 is 37.3 Å². The van der Waals surface area contributed by atoms with Crippen LogP contribution in [-0.4, -0.2) is 74.5 Å². The van der Waals surface area contributed by atoms with Gasteiger partial charge in [-0.15, -0.1) is 0 Å². The first kappa shape index (κ1) is 84.1. The van der Waals surface area contributed by atoms with Crippen LogP contribution < -0.4 is 10.9 Å². The monoisotopic (exact) mass is 1920 g/mol. The van der Waals surface area contributed by atoms with Crippen molar-refractivity contribution in [2.45, 2.75) is 38.9 Å². The van der Waals surface area contributed by atoms with E-state index in [9.17, 15) is 10.0 Å². The third-order valence-corrected chi connectivity index (χ3v) is 25.2. The number of hydrogen-bond donors (Lipinski definition) is 2. The first-order valence-electron chi connectivity index (χ1n) is 41.8. The molecule has 0 atom stereocenters. The van der Waals surface area contributed by atoms with Crippen LogP contribution in [0.1, 0.15) is 27.7 Å². The van der Waals surface area contributed by atoms with E-state index < -0.39 is 7.12 Å². The van der Waals surface area contributed by atoms with Crippen LogP contribution in [0.15, 0.2) is 415 Å². The normalized spacial score (nSPS) is 12.7. The Kier molecular flexibility index (Phi) is 24.0. The van der Waals surface area contributed by atoms with Crippen molar-refractivity contribution in [3.05, 3.63) is 406 Å². The Morgan fingerprint density at radius 2 is 0.617 bits per heavy atom. The van der Waals surface area contributed by atoms with Gasteiger partial charge in [0.1, 0.15) is 22.3 Å². The molecule has 16 aromatic carbocycles. The van der Waals surface area contributed by atoms with Gasteiger partial charge in [-0.05, 0) is 148 Å². The molecule has 1 saturated heterocycles. The Morgan fingerprint density at radius 1 is 0.289 bits per heavy atom. The predicted octanol–water partition coefficient (Wildman–Crippen LogP) is 27.5. The second-order valence-corrected chi connectivity index (χ2v) is 35.4. The maximum absolute atomic E-state index is 9.24. The van der Waals surface area contributed by atoms with Crippen LogP contribution in [0.3, 0.4) is 0 Å². The Bertz CT molecular complexity index is 7770. The van der Waals surface area contributed by atoms with E-state index in [2.05, 4.69) is 270 Å². The molecule has 0 saturated carbocycles. The van der Waals surface area contributed by atoms with Crippen molar-refractivity contribution < 1.29 is 28.2 Å². The molecule has 0 unspecified atom stereocenters. The largest absolute Gasteiger partial charge is 0.495 e. The molecule has 0 spiro atoms. The topological polar surface area (TPSA) is 172 Å². The molecular weight excluding hydrogens is 1850 g/mol. The summed E-state index contributed by atoms with van der Waals surface area (Å²) in [6.07, 6.45) is 0. The van der Waals surface area contributed by atoms with Crippen molar-refractivity contribution in [1.82, 2.24) is 39.0 Å². The van der Waals surface area contributed by atoms with Crippen LogP contribution in [0.4, 0.5) is 0 Å². The highest BCUT2D eigenvalue weighted by Gasteiger charge is 2.52. The number of benzene rings is 16. The summed E-state index contributed by atoms with van der Waals surface area (Å²) in [4.78, 5) is 28.8. The first-order valence-corrected chi connectivity index (χ1v) is 45.0. The van der Waals surface area contributed by atoms with Crippen LogP contribution in [0.5, 0.6) is 0 Å². The van der Waals surface area contributed by atoms with Crippen molar-refractivity contribution >= 4 is 176 Å². The summed E-state index contributed by atoms with van der Waals surface area (Å²) in [5.41, 5.74) is 18.7. The van der Waals surface area contributed by atoms with Crippen LogP contribution >= 0.6 is 63.7 Å². The molecule has 1 aliphatic rings. The molecule has 23 rings (SSSR count). The van der Waals surface area contributed by atoms with E-state index in [0.717, 1.165) is 112 Å². The maximum atomic E-state index is 9.24. The van der Waals surface area contributed by atoms with Crippen molar-refractivity contribution in [3.8, 4) is 90.8 Å². The number of halogens is 4. The fraction of sp³-hybridized carbons (Fsp3) is 0.0556. The van der Waals surface area contributed by atoms with E-state index in [1.54, 1.807) is 12.1 Å². The van der Waals surface area contributed by atoms with Gasteiger partial charge in [0.25, 0.3) is 0 Å². The molecule has 0 amide bonds. The summed E-state index contributed by atoms with van der Waals surface area (Å²) < 4.78 is 33.4. The van der Waals surface area contributed by atoms with Crippen molar-refractivity contribution in [2.24, 2.45) is 0 Å². The van der Waals surface area contributed by atoms with Crippen molar-refractivity contribution in [1.29, 1.82) is 0 Å². The molecule has 20 heteroatoms. The van der Waals surface area contributed by atoms with Gasteiger partial charge in [-0.1, -0.05) is 343 Å². The SMILES string of the molecule is Brc1cccc(-c2nc(-c3ccccc3)nc(-c3cccc(-c4cccc5c4oc4ccccc45)c3)n2)c1.Brc1cccc(-c2nc(-c3ccccc3)nc(-c3cccc(Br)c3)n2)c1.Brc1cccc2c1c1ccccc1n2-c1ccccc1.CC1(C)OB(c2cccc3c2c2ccccc2n3-c2ccccc2)OC1(C)C.OB(O)c1cccc2c1oc1ccccc12. The van der Waals surface area contributed by atoms with E-state index in [0.29, 0.717) is 46.0 Å². The zero-order valence-corrected chi connectivity index (χ0v) is 76.1. The molecule has 14 nitrogen and oxygen atoms in total. The Balaban J connectivity index is 0.000000107. The Hall–Kier alpha value is -13.4. The van der Waals surface area contributed by atoms with Crippen LogP contribution in [0.2, 0.25) is 0 Å². The third-order valence-electron chi connectivity index (χ3n) is 23.0. The highest BCUT2D eigenvalue weighted by Crippen LogP contribution is 2.43. The van der Waals surface area contributed by atoms with E-state index in [1.807, 2.05) is 206 Å².